The maximum atomic E-state index is 12.8. The Morgan fingerprint density at radius 2 is 1.61 bits per heavy atom. The molecule has 1 heterocycles. The van der Waals surface area contributed by atoms with Gasteiger partial charge in [-0.25, -0.2) is 9.59 Å². The molecule has 5 rings (SSSR count). The maximum absolute atomic E-state index is 12.8. The summed E-state index contributed by atoms with van der Waals surface area (Å²) in [7, 11) is 0. The fourth-order valence-corrected chi connectivity index (χ4v) is 5.67. The summed E-state index contributed by atoms with van der Waals surface area (Å²) in [5.41, 5.74) is 4.85. The Balaban J connectivity index is 1.31. The molecule has 0 bridgehead atoms. The predicted molar refractivity (Wildman–Crippen MR) is 156 cm³/mol. The van der Waals surface area contributed by atoms with Crippen LogP contribution >= 0.6 is 11.6 Å². The van der Waals surface area contributed by atoms with E-state index in [-0.39, 0.29) is 25.5 Å². The largest absolute Gasteiger partial charge is 0.480 e. The van der Waals surface area contributed by atoms with Gasteiger partial charge in [-0.15, -0.1) is 0 Å². The van der Waals surface area contributed by atoms with Crippen LogP contribution in [0.15, 0.2) is 72.9 Å². The molecule has 0 fully saturated rings. The zero-order valence-corrected chi connectivity index (χ0v) is 23.8. The summed E-state index contributed by atoms with van der Waals surface area (Å²) in [6.07, 6.45) is 0.808. The zero-order valence-electron chi connectivity index (χ0n) is 23.0. The Morgan fingerprint density at radius 3 is 2.22 bits per heavy atom. The molecule has 8 nitrogen and oxygen atoms in total. The number of para-hydroxylation sites is 1. The number of esters is 1. The van der Waals surface area contributed by atoms with Crippen LogP contribution in [0.5, 0.6) is 0 Å². The Bertz CT molecular complexity index is 1590. The average molecular weight is 575 g/mol. The molecule has 0 spiro atoms. The molecule has 0 unspecified atom stereocenters. The minimum Gasteiger partial charge on any atom is -0.480 e. The highest BCUT2D eigenvalue weighted by atomic mass is 35.5. The number of nitrogens with one attached hydrogen (secondary N) is 1. The van der Waals surface area contributed by atoms with E-state index in [1.165, 1.54) is 0 Å². The summed E-state index contributed by atoms with van der Waals surface area (Å²) in [4.78, 5) is 37.6. The molecule has 1 aliphatic rings. The maximum Gasteiger partial charge on any atom is 0.407 e. The number of alkyl carbamates (subject to hydrolysis) is 1. The van der Waals surface area contributed by atoms with Crippen LogP contribution < -0.4 is 5.32 Å². The average Bonchev–Trinajstić information content (AvgIpc) is 3.42. The fraction of sp³-hybridized carbons (Fsp3) is 0.281. The van der Waals surface area contributed by atoms with Crippen molar-refractivity contribution < 1.29 is 29.0 Å². The quantitative estimate of drug-likeness (QED) is 0.244. The highest BCUT2D eigenvalue weighted by molar-refractivity contribution is 6.35. The van der Waals surface area contributed by atoms with Crippen LogP contribution in [0, 0.1) is 0 Å². The third-order valence-corrected chi connectivity index (χ3v) is 7.31. The first-order chi connectivity index (χ1) is 19.5. The number of aromatic nitrogens is 1. The molecule has 3 aromatic carbocycles. The van der Waals surface area contributed by atoms with E-state index in [9.17, 15) is 19.5 Å². The lowest BCUT2D eigenvalue weighted by atomic mass is 9.98. The topological polar surface area (TPSA) is 107 Å². The third-order valence-electron chi connectivity index (χ3n) is 7.01. The molecule has 212 valence electrons. The van der Waals surface area contributed by atoms with Crippen molar-refractivity contribution in [3.63, 3.8) is 0 Å². The minimum atomic E-state index is -1.27. The summed E-state index contributed by atoms with van der Waals surface area (Å²) < 4.78 is 12.7. The molecule has 1 aliphatic carbocycles. The van der Waals surface area contributed by atoms with Crippen molar-refractivity contribution in [2.24, 2.45) is 0 Å². The number of hydrogen-bond acceptors (Lipinski definition) is 5. The molecule has 2 N–H and O–H groups in total. The smallest absolute Gasteiger partial charge is 0.407 e. The molecule has 1 atom stereocenters. The van der Waals surface area contributed by atoms with Crippen molar-refractivity contribution in [2.45, 2.75) is 51.3 Å². The van der Waals surface area contributed by atoms with Gasteiger partial charge < -0.3 is 24.5 Å². The normalized spacial score (nSPS) is 13.4. The van der Waals surface area contributed by atoms with Crippen LogP contribution in [0.3, 0.4) is 0 Å². The van der Waals surface area contributed by atoms with Gasteiger partial charge in [0.15, 0.2) is 0 Å². The van der Waals surface area contributed by atoms with Crippen LogP contribution in [-0.2, 0) is 32.0 Å². The van der Waals surface area contributed by atoms with E-state index in [4.69, 9.17) is 21.1 Å². The molecular weight excluding hydrogens is 544 g/mol. The number of nitrogens with zero attached hydrogens (tertiary/aromatic N) is 1. The third kappa shape index (κ3) is 6.07. The molecule has 1 aromatic heterocycles. The number of halogens is 1. The van der Waals surface area contributed by atoms with Crippen molar-refractivity contribution >= 4 is 40.5 Å². The van der Waals surface area contributed by atoms with Gasteiger partial charge in [0.2, 0.25) is 0 Å². The van der Waals surface area contributed by atoms with Gasteiger partial charge in [0.05, 0.1) is 10.5 Å². The Kier molecular flexibility index (Phi) is 7.78. The first-order valence-corrected chi connectivity index (χ1v) is 13.7. The van der Waals surface area contributed by atoms with E-state index < -0.39 is 29.7 Å². The molecular formula is C32H31ClN2O6. The lowest BCUT2D eigenvalue weighted by molar-refractivity contribution is -0.155. The molecule has 0 radical (unpaired) electrons. The molecule has 0 aliphatic heterocycles. The molecule has 0 saturated heterocycles. The lowest BCUT2D eigenvalue weighted by Crippen LogP contribution is -2.42. The van der Waals surface area contributed by atoms with Crippen LogP contribution in [0.2, 0.25) is 5.02 Å². The summed E-state index contributed by atoms with van der Waals surface area (Å²) in [6, 6.07) is 19.9. The number of rotatable bonds is 8. The van der Waals surface area contributed by atoms with Crippen LogP contribution in [0.25, 0.3) is 22.0 Å². The SMILES string of the molecule is CC(C)(C)OC(=O)Cn1cc(C[C@@H](NC(=O)OCC2c3ccccc3-c3ccccc32)C(=O)O)c2cccc(Cl)c21. The van der Waals surface area contributed by atoms with Gasteiger partial charge in [-0.05, 0) is 54.7 Å². The zero-order chi connectivity index (χ0) is 29.3. The highest BCUT2D eigenvalue weighted by Crippen LogP contribution is 2.44. The summed E-state index contributed by atoms with van der Waals surface area (Å²) in [6.45, 7) is 5.31. The Labute approximate surface area is 242 Å². The van der Waals surface area contributed by atoms with Gasteiger partial charge in [-0.2, -0.15) is 0 Å². The number of ether oxygens (including phenoxy) is 2. The van der Waals surface area contributed by atoms with Gasteiger partial charge in [-0.3, -0.25) is 4.79 Å². The predicted octanol–water partition coefficient (Wildman–Crippen LogP) is 6.17. The van der Waals surface area contributed by atoms with E-state index >= 15 is 0 Å². The van der Waals surface area contributed by atoms with Gasteiger partial charge in [0, 0.05) is 23.9 Å². The lowest BCUT2D eigenvalue weighted by Gasteiger charge is -2.19. The number of benzene rings is 3. The minimum absolute atomic E-state index is 0.0440. The van der Waals surface area contributed by atoms with Gasteiger partial charge in [0.25, 0.3) is 0 Å². The number of hydrogen-bond donors (Lipinski definition) is 2. The van der Waals surface area contributed by atoms with Gasteiger partial charge >= 0.3 is 18.0 Å². The van der Waals surface area contributed by atoms with Gasteiger partial charge in [0.1, 0.15) is 24.8 Å². The molecule has 0 saturated carbocycles. The second-order valence-electron chi connectivity index (χ2n) is 11.1. The number of amides is 1. The second-order valence-corrected chi connectivity index (χ2v) is 11.5. The monoisotopic (exact) mass is 574 g/mol. The number of carbonyl (C=O) groups excluding carboxylic acids is 2. The van der Waals surface area contributed by atoms with Crippen LogP contribution in [0.1, 0.15) is 43.4 Å². The first kappa shape index (κ1) is 28.2. The van der Waals surface area contributed by atoms with Crippen LogP contribution in [-0.4, -0.2) is 46.0 Å². The fourth-order valence-electron chi connectivity index (χ4n) is 5.39. The van der Waals surface area contributed by atoms with E-state index in [1.807, 2.05) is 48.5 Å². The number of carboxylic acid groups (broad SMARTS) is 1. The molecule has 41 heavy (non-hydrogen) atoms. The Hall–Kier alpha value is -4.30. The highest BCUT2D eigenvalue weighted by Gasteiger charge is 2.30. The van der Waals surface area contributed by atoms with E-state index in [0.717, 1.165) is 22.3 Å². The van der Waals surface area contributed by atoms with Crippen molar-refractivity contribution in [2.75, 3.05) is 6.61 Å². The molecule has 4 aromatic rings. The number of carbonyl (C=O) groups is 3. The van der Waals surface area contributed by atoms with Crippen molar-refractivity contribution in [1.29, 1.82) is 0 Å². The van der Waals surface area contributed by atoms with Gasteiger partial charge in [-0.1, -0.05) is 72.3 Å². The van der Waals surface area contributed by atoms with E-state index in [0.29, 0.717) is 21.5 Å². The van der Waals surface area contributed by atoms with Crippen molar-refractivity contribution in [1.82, 2.24) is 9.88 Å². The standard InChI is InChI=1S/C32H31ClN2O6/c1-32(2,3)41-28(36)17-35-16-19(20-13-8-14-26(33)29(20)35)15-27(30(37)38)34-31(39)40-18-25-23-11-6-4-9-21(23)22-10-5-7-12-24(22)25/h4-14,16,25,27H,15,17-18H2,1-3H3,(H,34,39)(H,37,38)/t27-/m1/s1. The van der Waals surface area contributed by atoms with E-state index in [1.54, 1.807) is 49.7 Å². The Morgan fingerprint density at radius 1 is 0.976 bits per heavy atom. The summed E-state index contributed by atoms with van der Waals surface area (Å²) >= 11 is 6.47. The van der Waals surface area contributed by atoms with Crippen molar-refractivity contribution in [3.05, 3.63) is 94.6 Å². The summed E-state index contributed by atoms with van der Waals surface area (Å²) in [5.74, 6) is -1.81. The number of aliphatic carboxylic acids is 1. The summed E-state index contributed by atoms with van der Waals surface area (Å²) in [5, 5.41) is 13.5. The first-order valence-electron chi connectivity index (χ1n) is 13.3. The number of carboxylic acids is 1. The van der Waals surface area contributed by atoms with E-state index in [2.05, 4.69) is 5.32 Å². The molecule has 9 heteroatoms. The number of fused-ring (bicyclic) bond motifs is 4. The second kappa shape index (κ2) is 11.3. The van der Waals surface area contributed by atoms with Crippen molar-refractivity contribution in [3.8, 4) is 11.1 Å². The molecule has 1 amide bonds. The van der Waals surface area contributed by atoms with Crippen LogP contribution in [0.4, 0.5) is 4.79 Å².